The zero-order chi connectivity index (χ0) is 25.5. The molecule has 2 unspecified atom stereocenters. The van der Waals surface area contributed by atoms with E-state index in [4.69, 9.17) is 4.74 Å². The van der Waals surface area contributed by atoms with Gasteiger partial charge in [0.1, 0.15) is 11.4 Å². The number of nitrogens with one attached hydrogen (secondary N) is 1. The second-order valence-electron chi connectivity index (χ2n) is 8.02. The van der Waals surface area contributed by atoms with Crippen molar-refractivity contribution in [1.82, 2.24) is 30.4 Å². The van der Waals surface area contributed by atoms with Crippen molar-refractivity contribution >= 4 is 35.5 Å². The number of aromatic nitrogens is 4. The van der Waals surface area contributed by atoms with Crippen LogP contribution >= 0.6 is 11.8 Å². The van der Waals surface area contributed by atoms with Gasteiger partial charge in [-0.25, -0.2) is 9.48 Å². The van der Waals surface area contributed by atoms with Crippen LogP contribution in [0.25, 0.3) is 0 Å². The molecule has 0 spiro atoms. The predicted molar refractivity (Wildman–Crippen MR) is 116 cm³/mol. The van der Waals surface area contributed by atoms with Gasteiger partial charge in [-0.05, 0) is 40.6 Å². The smallest absolute Gasteiger partial charge is 0.352 e. The van der Waals surface area contributed by atoms with Crippen LogP contribution in [-0.2, 0) is 31.0 Å². The quantitative estimate of drug-likeness (QED) is 0.200. The van der Waals surface area contributed by atoms with Gasteiger partial charge in [-0.15, -0.1) is 5.10 Å². The molecule has 3 atom stereocenters. The summed E-state index contributed by atoms with van der Waals surface area (Å²) in [5, 5.41) is 42.7. The van der Waals surface area contributed by atoms with Gasteiger partial charge >= 0.3 is 11.9 Å². The lowest BCUT2D eigenvalue weighted by Gasteiger charge is -2.55. The fraction of sp³-hybridized carbons (Fsp3) is 0.350. The van der Waals surface area contributed by atoms with Crippen LogP contribution in [0, 0.1) is 0 Å². The summed E-state index contributed by atoms with van der Waals surface area (Å²) in [5.74, 6) is -6.20. The van der Waals surface area contributed by atoms with Crippen LogP contribution in [0.4, 0.5) is 0 Å². The number of nitrogens with zero attached hydrogens (tertiary/aromatic N) is 5. The van der Waals surface area contributed by atoms with Crippen LogP contribution in [0.5, 0.6) is 5.75 Å². The van der Waals surface area contributed by atoms with Gasteiger partial charge in [0.2, 0.25) is 11.1 Å². The predicted octanol–water partition coefficient (Wildman–Crippen LogP) is -0.712. The SMILES string of the molecule is Cn1nnnc1SCC1=C(C(=O)O)N2C(=O)[C@@](C)(NC(=O)C(C(=O)O)c3ccc(O)cc3)C2OC1. The molecule has 2 amide bonds. The minimum absolute atomic E-state index is 0.0910. The molecule has 2 aromatic rings. The molecule has 184 valence electrons. The van der Waals surface area contributed by atoms with Crippen molar-refractivity contribution in [2.24, 2.45) is 7.05 Å². The van der Waals surface area contributed by atoms with E-state index in [1.54, 1.807) is 7.05 Å². The van der Waals surface area contributed by atoms with Crippen molar-refractivity contribution in [1.29, 1.82) is 0 Å². The number of carboxylic acids is 2. The Hall–Kier alpha value is -3.98. The van der Waals surface area contributed by atoms with E-state index in [1.165, 1.54) is 35.9 Å². The Morgan fingerprint density at radius 1 is 1.29 bits per heavy atom. The largest absolute Gasteiger partial charge is 0.508 e. The standard InChI is InChI=1S/C20H20N6O8S/c1-20(21-14(28)12(15(29)30)9-3-5-11(27)6-4-9)17(33)26-13(16(31)32)10(7-34-18(20)26)8-35-19-22-23-24-25(19)2/h3-6,12,18,27H,7-8H2,1-2H3,(H,21,28)(H,29,30)(H,31,32)/t12?,18?,20-/m1/s1. The van der Waals surface area contributed by atoms with Crippen LogP contribution in [0.3, 0.4) is 0 Å². The van der Waals surface area contributed by atoms with E-state index < -0.39 is 41.4 Å². The molecule has 0 saturated carbocycles. The van der Waals surface area contributed by atoms with Crippen molar-refractivity contribution in [2.75, 3.05) is 12.4 Å². The Morgan fingerprint density at radius 3 is 2.54 bits per heavy atom. The number of phenolic OH excluding ortho intramolecular Hbond substituents is 1. The number of aliphatic carboxylic acids is 2. The lowest BCUT2D eigenvalue weighted by atomic mass is 9.84. The maximum absolute atomic E-state index is 13.1. The molecule has 1 aromatic carbocycles. The molecule has 1 fully saturated rings. The molecule has 1 saturated heterocycles. The second kappa shape index (κ2) is 8.99. The Bertz CT molecular complexity index is 1240. The van der Waals surface area contributed by atoms with E-state index in [1.807, 2.05) is 0 Å². The van der Waals surface area contributed by atoms with E-state index in [2.05, 4.69) is 20.8 Å². The number of β-lactam (4-membered cyclic amide) rings is 1. The van der Waals surface area contributed by atoms with Crippen molar-refractivity contribution < 1.29 is 39.2 Å². The summed E-state index contributed by atoms with van der Waals surface area (Å²) in [6.07, 6.45) is -1.15. The molecule has 0 aliphatic carbocycles. The zero-order valence-electron chi connectivity index (χ0n) is 18.4. The van der Waals surface area contributed by atoms with Gasteiger partial charge in [-0.3, -0.25) is 19.3 Å². The van der Waals surface area contributed by atoms with E-state index in [-0.39, 0.29) is 29.4 Å². The number of carboxylic acid groups (broad SMARTS) is 2. The molecule has 14 nitrogen and oxygen atoms in total. The number of amides is 2. The maximum Gasteiger partial charge on any atom is 0.352 e. The summed E-state index contributed by atoms with van der Waals surface area (Å²) in [6.45, 7) is 1.20. The van der Waals surface area contributed by atoms with Crippen molar-refractivity contribution in [2.45, 2.75) is 29.8 Å². The third-order valence-electron chi connectivity index (χ3n) is 5.66. The number of benzene rings is 1. The summed E-state index contributed by atoms with van der Waals surface area (Å²) in [6, 6.07) is 5.04. The molecule has 2 aliphatic rings. The first-order chi connectivity index (χ1) is 16.5. The molecule has 0 radical (unpaired) electrons. The lowest BCUT2D eigenvalue weighted by molar-refractivity contribution is -0.202. The number of ether oxygens (including phenoxy) is 1. The topological polar surface area (TPSA) is 197 Å². The first kappa shape index (κ1) is 24.2. The molecule has 1 aromatic heterocycles. The number of carbonyl (C=O) groups excluding carboxylic acids is 2. The minimum atomic E-state index is -1.69. The fourth-order valence-electron chi connectivity index (χ4n) is 3.91. The van der Waals surface area contributed by atoms with Crippen LogP contribution < -0.4 is 5.32 Å². The zero-order valence-corrected chi connectivity index (χ0v) is 19.2. The highest BCUT2D eigenvalue weighted by Crippen LogP contribution is 2.41. The number of hydrogen-bond acceptors (Lipinski definition) is 10. The number of aryl methyl sites for hydroxylation is 1. The van der Waals surface area contributed by atoms with Gasteiger partial charge < -0.3 is 25.4 Å². The molecule has 0 bridgehead atoms. The Kier molecular flexibility index (Phi) is 6.21. The van der Waals surface area contributed by atoms with Gasteiger partial charge in [0, 0.05) is 12.8 Å². The van der Waals surface area contributed by atoms with Crippen LogP contribution in [0.15, 0.2) is 40.7 Å². The highest BCUT2D eigenvalue weighted by atomic mass is 32.2. The Labute approximate surface area is 201 Å². The lowest BCUT2D eigenvalue weighted by Crippen LogP contribution is -2.80. The molecule has 4 rings (SSSR count). The van der Waals surface area contributed by atoms with Crippen LogP contribution in [0.1, 0.15) is 18.4 Å². The summed E-state index contributed by atoms with van der Waals surface area (Å²) in [5.41, 5.74) is -1.55. The normalized spacial score (nSPS) is 22.3. The fourth-order valence-corrected chi connectivity index (χ4v) is 4.75. The summed E-state index contributed by atoms with van der Waals surface area (Å²) in [7, 11) is 1.62. The Balaban J connectivity index is 1.55. The maximum atomic E-state index is 13.1. The number of tetrazole rings is 1. The highest BCUT2D eigenvalue weighted by molar-refractivity contribution is 7.99. The molecular formula is C20H20N6O8S. The second-order valence-corrected chi connectivity index (χ2v) is 8.97. The van der Waals surface area contributed by atoms with Crippen LogP contribution in [0.2, 0.25) is 0 Å². The summed E-state index contributed by atoms with van der Waals surface area (Å²) < 4.78 is 7.14. The molecule has 15 heteroatoms. The summed E-state index contributed by atoms with van der Waals surface area (Å²) >= 11 is 1.16. The number of hydrogen-bond donors (Lipinski definition) is 4. The average Bonchev–Trinajstić information content (AvgIpc) is 3.22. The Morgan fingerprint density at radius 2 is 1.97 bits per heavy atom. The van der Waals surface area contributed by atoms with Crippen LogP contribution in [-0.4, -0.2) is 88.3 Å². The monoisotopic (exact) mass is 504 g/mol. The number of fused-ring (bicyclic) bond motifs is 1. The van der Waals surface area contributed by atoms with Crippen molar-refractivity contribution in [3.63, 3.8) is 0 Å². The van der Waals surface area contributed by atoms with E-state index in [0.717, 1.165) is 16.7 Å². The van der Waals surface area contributed by atoms with Gasteiger partial charge in [-0.2, -0.15) is 0 Å². The van der Waals surface area contributed by atoms with E-state index >= 15 is 0 Å². The number of thioether (sulfide) groups is 1. The number of phenols is 1. The van der Waals surface area contributed by atoms with E-state index in [0.29, 0.717) is 10.7 Å². The van der Waals surface area contributed by atoms with Crippen molar-refractivity contribution in [3.05, 3.63) is 41.1 Å². The number of carbonyl (C=O) groups is 4. The van der Waals surface area contributed by atoms with Gasteiger partial charge in [-0.1, -0.05) is 23.9 Å². The van der Waals surface area contributed by atoms with Gasteiger partial charge in [0.25, 0.3) is 5.91 Å². The van der Waals surface area contributed by atoms with E-state index in [9.17, 15) is 34.5 Å². The third-order valence-corrected chi connectivity index (χ3v) is 6.76. The minimum Gasteiger partial charge on any atom is -0.508 e. The number of rotatable bonds is 8. The highest BCUT2D eigenvalue weighted by Gasteiger charge is 2.64. The molecule has 3 heterocycles. The molecule has 2 aliphatic heterocycles. The number of aromatic hydroxyl groups is 1. The molecular weight excluding hydrogens is 484 g/mol. The first-order valence-corrected chi connectivity index (χ1v) is 11.1. The summed E-state index contributed by atoms with van der Waals surface area (Å²) in [4.78, 5) is 50.8. The molecule has 4 N–H and O–H groups in total. The van der Waals surface area contributed by atoms with Gasteiger partial charge in [0.15, 0.2) is 17.7 Å². The third kappa shape index (κ3) is 4.19. The van der Waals surface area contributed by atoms with Gasteiger partial charge in [0.05, 0.1) is 6.61 Å². The molecule has 35 heavy (non-hydrogen) atoms. The van der Waals surface area contributed by atoms with Crippen molar-refractivity contribution in [3.8, 4) is 5.75 Å². The average molecular weight is 504 g/mol. The first-order valence-electron chi connectivity index (χ1n) is 10.1.